The van der Waals surface area contributed by atoms with Crippen LogP contribution in [0, 0.1) is 17.2 Å². The molecule has 3 nitrogen and oxygen atoms in total. The summed E-state index contributed by atoms with van der Waals surface area (Å²) in [4.78, 5) is 4.68. The first-order valence-corrected chi connectivity index (χ1v) is 10.2. The van der Waals surface area contributed by atoms with Crippen molar-refractivity contribution in [2.45, 2.75) is 65.3 Å². The first-order valence-electron chi connectivity index (χ1n) is 9.86. The average molecular weight is 382 g/mol. The summed E-state index contributed by atoms with van der Waals surface area (Å²) in [6.45, 7) is 10.5. The Kier molecular flexibility index (Phi) is 6.07. The van der Waals surface area contributed by atoms with Crippen LogP contribution < -0.4 is 0 Å². The lowest BCUT2D eigenvalue weighted by molar-refractivity contribution is 0.347. The fourth-order valence-corrected chi connectivity index (χ4v) is 4.71. The van der Waals surface area contributed by atoms with E-state index in [1.54, 1.807) is 0 Å². The van der Waals surface area contributed by atoms with E-state index in [1.807, 2.05) is 19.3 Å². The predicted octanol–water partition coefficient (Wildman–Crippen LogP) is 7.09. The molecule has 2 aromatic heterocycles. The quantitative estimate of drug-likeness (QED) is 0.501. The van der Waals surface area contributed by atoms with Gasteiger partial charge >= 0.3 is 0 Å². The molecule has 2 aromatic rings. The Labute approximate surface area is 167 Å². The van der Waals surface area contributed by atoms with Gasteiger partial charge in [0, 0.05) is 24.0 Å². The van der Waals surface area contributed by atoms with Crippen LogP contribution >= 0.6 is 11.6 Å². The summed E-state index contributed by atoms with van der Waals surface area (Å²) in [5.74, 6) is 0.536. The number of rotatable bonds is 6. The maximum atomic E-state index is 9.43. The first-order chi connectivity index (χ1) is 13.0. The Bertz CT molecular complexity index is 923. The monoisotopic (exact) mass is 381 g/mol. The molecule has 0 amide bonds. The fourth-order valence-electron chi connectivity index (χ4n) is 4.46. The molecular formula is C23H28ClN3. The highest BCUT2D eigenvalue weighted by Gasteiger charge is 2.28. The summed E-state index contributed by atoms with van der Waals surface area (Å²) in [5.41, 5.74) is 6.44. The van der Waals surface area contributed by atoms with Crippen LogP contribution in [-0.2, 0) is 0 Å². The van der Waals surface area contributed by atoms with Crippen molar-refractivity contribution in [2.24, 2.45) is 5.92 Å². The van der Waals surface area contributed by atoms with Gasteiger partial charge in [-0.15, -0.1) is 0 Å². The number of nitrogens with zero attached hydrogens (tertiary/aromatic N) is 3. The van der Waals surface area contributed by atoms with Gasteiger partial charge in [0.25, 0.3) is 0 Å². The average Bonchev–Trinajstić information content (AvgIpc) is 3.28. The molecule has 1 saturated carbocycles. The van der Waals surface area contributed by atoms with Gasteiger partial charge in [0.15, 0.2) is 0 Å². The second-order valence-electron chi connectivity index (χ2n) is 7.74. The van der Waals surface area contributed by atoms with Crippen LogP contribution in [0.1, 0.15) is 70.9 Å². The van der Waals surface area contributed by atoms with Gasteiger partial charge in [0.05, 0.1) is 23.0 Å². The number of halogens is 1. The van der Waals surface area contributed by atoms with Crippen molar-refractivity contribution in [1.82, 2.24) is 9.55 Å². The Morgan fingerprint density at radius 3 is 2.70 bits per heavy atom. The van der Waals surface area contributed by atoms with Gasteiger partial charge in [-0.1, -0.05) is 49.1 Å². The molecule has 1 aliphatic rings. The van der Waals surface area contributed by atoms with Crippen molar-refractivity contribution in [2.75, 3.05) is 0 Å². The van der Waals surface area contributed by atoms with Crippen molar-refractivity contribution < 1.29 is 0 Å². The second kappa shape index (κ2) is 8.31. The van der Waals surface area contributed by atoms with Crippen LogP contribution in [0.2, 0.25) is 5.02 Å². The summed E-state index contributed by atoms with van der Waals surface area (Å²) in [7, 11) is 0. The zero-order valence-electron chi connectivity index (χ0n) is 16.6. The number of fused-ring (bicyclic) bond motifs is 1. The van der Waals surface area contributed by atoms with Gasteiger partial charge in [-0.25, -0.2) is 0 Å². The highest BCUT2D eigenvalue weighted by atomic mass is 35.5. The standard InChI is InChI=1S/C23H28ClN3/c1-5-16(4)22(15(2)3)18-12-21-23(26-13-18)19(24)14-27(21)20(10-11-25)17-8-6-7-9-17/h12-14,17,20H,2,5-10H2,1,3-4H3/b22-16+. The van der Waals surface area contributed by atoms with E-state index in [9.17, 15) is 5.26 Å². The van der Waals surface area contributed by atoms with Crippen molar-refractivity contribution in [1.29, 1.82) is 5.26 Å². The second-order valence-corrected chi connectivity index (χ2v) is 8.15. The maximum absolute atomic E-state index is 9.43. The van der Waals surface area contributed by atoms with Crippen LogP contribution in [0.5, 0.6) is 0 Å². The van der Waals surface area contributed by atoms with E-state index < -0.39 is 0 Å². The third kappa shape index (κ3) is 3.82. The van der Waals surface area contributed by atoms with E-state index in [-0.39, 0.29) is 6.04 Å². The summed E-state index contributed by atoms with van der Waals surface area (Å²) < 4.78 is 2.21. The summed E-state index contributed by atoms with van der Waals surface area (Å²) in [6, 6.07) is 4.73. The number of pyridine rings is 1. The molecule has 1 atom stereocenters. The molecule has 142 valence electrons. The SMILES string of the molecule is C=C(C)/C(=C(/C)CC)c1cnc2c(Cl)cn(C(CC#N)C3CCCC3)c2c1. The molecule has 1 aliphatic carbocycles. The van der Waals surface area contributed by atoms with Crippen LogP contribution in [0.4, 0.5) is 0 Å². The molecule has 27 heavy (non-hydrogen) atoms. The lowest BCUT2D eigenvalue weighted by Crippen LogP contribution is -2.16. The van der Waals surface area contributed by atoms with E-state index in [0.717, 1.165) is 28.6 Å². The number of allylic oxidation sites excluding steroid dienone is 3. The fraction of sp³-hybridized carbons (Fsp3) is 0.478. The zero-order chi connectivity index (χ0) is 19.6. The van der Waals surface area contributed by atoms with E-state index in [1.165, 1.54) is 36.8 Å². The molecule has 0 bridgehead atoms. The molecule has 4 heteroatoms. The summed E-state index contributed by atoms with van der Waals surface area (Å²) in [5, 5.41) is 10.1. The third-order valence-corrected chi connectivity index (χ3v) is 6.18. The van der Waals surface area contributed by atoms with Crippen molar-refractivity contribution in [3.05, 3.63) is 46.8 Å². The Balaban J connectivity index is 2.17. The molecular weight excluding hydrogens is 354 g/mol. The molecule has 0 aliphatic heterocycles. The highest BCUT2D eigenvalue weighted by molar-refractivity contribution is 6.35. The number of hydrogen-bond donors (Lipinski definition) is 0. The van der Waals surface area contributed by atoms with Gasteiger partial charge in [0.1, 0.15) is 5.52 Å². The van der Waals surface area contributed by atoms with Crippen molar-refractivity contribution in [3.8, 4) is 6.07 Å². The number of hydrogen-bond acceptors (Lipinski definition) is 2. The molecule has 2 heterocycles. The van der Waals surface area contributed by atoms with Gasteiger partial charge < -0.3 is 4.57 Å². The topological polar surface area (TPSA) is 41.6 Å². The van der Waals surface area contributed by atoms with Crippen LogP contribution in [-0.4, -0.2) is 9.55 Å². The van der Waals surface area contributed by atoms with Crippen LogP contribution in [0.25, 0.3) is 16.6 Å². The molecule has 0 spiro atoms. The molecule has 1 fully saturated rings. The largest absolute Gasteiger partial charge is 0.340 e. The van der Waals surface area contributed by atoms with Gasteiger partial charge in [0.2, 0.25) is 0 Å². The smallest absolute Gasteiger partial charge is 0.107 e. The van der Waals surface area contributed by atoms with E-state index in [2.05, 4.69) is 42.1 Å². The van der Waals surface area contributed by atoms with Gasteiger partial charge in [-0.3, -0.25) is 4.98 Å². The maximum Gasteiger partial charge on any atom is 0.107 e. The van der Waals surface area contributed by atoms with Crippen molar-refractivity contribution >= 4 is 28.2 Å². The molecule has 3 rings (SSSR count). The number of aromatic nitrogens is 2. The van der Waals surface area contributed by atoms with Crippen LogP contribution in [0.15, 0.2) is 36.2 Å². The van der Waals surface area contributed by atoms with Gasteiger partial charge in [-0.05, 0) is 50.7 Å². The Morgan fingerprint density at radius 2 is 2.11 bits per heavy atom. The van der Waals surface area contributed by atoms with Crippen LogP contribution in [0.3, 0.4) is 0 Å². The first kappa shape index (κ1) is 19.7. The predicted molar refractivity (Wildman–Crippen MR) is 114 cm³/mol. The lowest BCUT2D eigenvalue weighted by Gasteiger charge is -2.24. The minimum absolute atomic E-state index is 0.161. The normalized spacial score (nSPS) is 17.0. The molecule has 1 unspecified atom stereocenters. The van der Waals surface area contributed by atoms with E-state index in [4.69, 9.17) is 11.6 Å². The highest BCUT2D eigenvalue weighted by Crippen LogP contribution is 2.40. The summed E-state index contributed by atoms with van der Waals surface area (Å²) in [6.07, 6.45) is 10.2. The Hall–Kier alpha value is -2.05. The minimum Gasteiger partial charge on any atom is -0.340 e. The molecule has 0 N–H and O–H groups in total. The van der Waals surface area contributed by atoms with Gasteiger partial charge in [-0.2, -0.15) is 5.26 Å². The molecule has 0 radical (unpaired) electrons. The minimum atomic E-state index is 0.161. The molecule has 0 aromatic carbocycles. The third-order valence-electron chi connectivity index (χ3n) is 5.90. The van der Waals surface area contributed by atoms with E-state index >= 15 is 0 Å². The van der Waals surface area contributed by atoms with E-state index in [0.29, 0.717) is 17.4 Å². The number of nitriles is 1. The molecule has 0 saturated heterocycles. The Morgan fingerprint density at radius 1 is 1.41 bits per heavy atom. The lowest BCUT2D eigenvalue weighted by atomic mass is 9.94. The zero-order valence-corrected chi connectivity index (χ0v) is 17.3. The summed E-state index contributed by atoms with van der Waals surface area (Å²) >= 11 is 6.52. The van der Waals surface area contributed by atoms with Crippen molar-refractivity contribution in [3.63, 3.8) is 0 Å².